The standard InChI is InChI=1S/C27H22O8/c28-24(17-10-4-1-5-11-17)32-20-16-31-27-23(34-26(30)19-14-8-3-9-15-19)22(21(20)35-27)33-25(29)18-12-6-2-7-13-18/h1-15,20-23,27H,16H2/t20-,21-,22-,23+,27-/m0/s1. The molecule has 2 fully saturated rings. The normalized spacial score (nSPS) is 24.9. The molecule has 35 heavy (non-hydrogen) atoms. The maximum absolute atomic E-state index is 12.9. The highest BCUT2D eigenvalue weighted by molar-refractivity contribution is 5.91. The first kappa shape index (κ1) is 22.8. The van der Waals surface area contributed by atoms with Gasteiger partial charge in [0.25, 0.3) is 0 Å². The SMILES string of the molecule is O=C(O[C@H]1[C@H]2O[C@H](OC[C@@H]2OC(=O)c2ccccc2)[C@@H]1OC(=O)c1ccccc1)c1ccccc1. The molecule has 0 N–H and O–H groups in total. The molecular formula is C27H22O8. The molecule has 2 bridgehead atoms. The summed E-state index contributed by atoms with van der Waals surface area (Å²) < 4.78 is 28.7. The van der Waals surface area contributed by atoms with Gasteiger partial charge in [0.2, 0.25) is 0 Å². The minimum Gasteiger partial charge on any atom is -0.453 e. The molecule has 5 atom stereocenters. The van der Waals surface area contributed by atoms with Gasteiger partial charge >= 0.3 is 17.9 Å². The monoisotopic (exact) mass is 474 g/mol. The van der Waals surface area contributed by atoms with Crippen LogP contribution in [0.4, 0.5) is 0 Å². The number of rotatable bonds is 6. The number of esters is 3. The van der Waals surface area contributed by atoms with Crippen LogP contribution in [0, 0.1) is 0 Å². The van der Waals surface area contributed by atoms with E-state index in [1.54, 1.807) is 91.0 Å². The molecule has 8 heteroatoms. The van der Waals surface area contributed by atoms with Crippen LogP contribution in [-0.4, -0.2) is 55.2 Å². The molecule has 0 radical (unpaired) electrons. The Labute approximate surface area is 201 Å². The molecule has 3 aromatic carbocycles. The zero-order valence-electron chi connectivity index (χ0n) is 18.5. The number of carbonyl (C=O) groups excluding carboxylic acids is 3. The number of ether oxygens (including phenoxy) is 5. The van der Waals surface area contributed by atoms with Crippen molar-refractivity contribution >= 4 is 17.9 Å². The molecule has 0 spiro atoms. The van der Waals surface area contributed by atoms with Crippen LogP contribution in [0.3, 0.4) is 0 Å². The summed E-state index contributed by atoms with van der Waals surface area (Å²) in [5.41, 5.74) is 1.01. The lowest BCUT2D eigenvalue weighted by Gasteiger charge is -2.29. The van der Waals surface area contributed by atoms with Gasteiger partial charge in [-0.05, 0) is 36.4 Å². The molecular weight excluding hydrogens is 452 g/mol. The van der Waals surface area contributed by atoms with Gasteiger partial charge in [0.1, 0.15) is 6.10 Å². The second-order valence-corrected chi connectivity index (χ2v) is 8.08. The van der Waals surface area contributed by atoms with E-state index < -0.39 is 48.6 Å². The van der Waals surface area contributed by atoms with Crippen LogP contribution in [0.2, 0.25) is 0 Å². The van der Waals surface area contributed by atoms with E-state index in [9.17, 15) is 14.4 Å². The van der Waals surface area contributed by atoms with Gasteiger partial charge in [0, 0.05) is 0 Å². The molecule has 0 unspecified atom stereocenters. The summed E-state index contributed by atoms with van der Waals surface area (Å²) in [7, 11) is 0. The van der Waals surface area contributed by atoms with E-state index in [1.807, 2.05) is 0 Å². The predicted molar refractivity (Wildman–Crippen MR) is 122 cm³/mol. The van der Waals surface area contributed by atoms with E-state index in [-0.39, 0.29) is 6.61 Å². The van der Waals surface area contributed by atoms with Crippen molar-refractivity contribution in [1.29, 1.82) is 0 Å². The lowest BCUT2D eigenvalue weighted by atomic mass is 10.1. The van der Waals surface area contributed by atoms with Crippen molar-refractivity contribution in [3.05, 3.63) is 108 Å². The minimum atomic E-state index is -1.06. The van der Waals surface area contributed by atoms with Crippen molar-refractivity contribution in [3.8, 4) is 0 Å². The van der Waals surface area contributed by atoms with E-state index in [4.69, 9.17) is 23.7 Å². The van der Waals surface area contributed by atoms with Crippen molar-refractivity contribution in [2.45, 2.75) is 30.7 Å². The fourth-order valence-corrected chi connectivity index (χ4v) is 4.04. The molecule has 2 saturated heterocycles. The number of hydrogen-bond donors (Lipinski definition) is 0. The zero-order chi connectivity index (χ0) is 24.2. The smallest absolute Gasteiger partial charge is 0.338 e. The van der Waals surface area contributed by atoms with Crippen LogP contribution < -0.4 is 0 Å². The second-order valence-electron chi connectivity index (χ2n) is 8.08. The van der Waals surface area contributed by atoms with Gasteiger partial charge < -0.3 is 23.7 Å². The fourth-order valence-electron chi connectivity index (χ4n) is 4.04. The van der Waals surface area contributed by atoms with Crippen molar-refractivity contribution in [3.63, 3.8) is 0 Å². The highest BCUT2D eigenvalue weighted by Crippen LogP contribution is 2.36. The number of hydrogen-bond acceptors (Lipinski definition) is 8. The van der Waals surface area contributed by atoms with Gasteiger partial charge in [-0.15, -0.1) is 0 Å². The number of fused-ring (bicyclic) bond motifs is 2. The third-order valence-electron chi connectivity index (χ3n) is 5.77. The Morgan fingerprint density at radius 3 is 1.51 bits per heavy atom. The molecule has 0 saturated carbocycles. The Hall–Kier alpha value is -4.01. The molecule has 5 rings (SSSR count). The molecule has 0 amide bonds. The molecule has 178 valence electrons. The summed E-state index contributed by atoms with van der Waals surface area (Å²) in [5.74, 6) is -1.81. The van der Waals surface area contributed by atoms with Crippen LogP contribution in [0.5, 0.6) is 0 Å². The molecule has 2 heterocycles. The molecule has 2 aliphatic rings. The summed E-state index contributed by atoms with van der Waals surface area (Å²) in [6, 6.07) is 25.3. The van der Waals surface area contributed by atoms with Crippen LogP contribution in [0.25, 0.3) is 0 Å². The van der Waals surface area contributed by atoms with Crippen LogP contribution in [0.1, 0.15) is 31.1 Å². The summed E-state index contributed by atoms with van der Waals surface area (Å²) in [6.45, 7) is -0.00726. The Balaban J connectivity index is 1.38. The average Bonchev–Trinajstić information content (AvgIpc) is 3.18. The molecule has 0 aromatic heterocycles. The van der Waals surface area contributed by atoms with E-state index in [0.717, 1.165) is 0 Å². The van der Waals surface area contributed by atoms with Gasteiger partial charge in [-0.1, -0.05) is 54.6 Å². The van der Waals surface area contributed by atoms with Gasteiger partial charge in [0.05, 0.1) is 23.3 Å². The zero-order valence-corrected chi connectivity index (χ0v) is 18.5. The summed E-state index contributed by atoms with van der Waals surface area (Å²) >= 11 is 0. The number of benzene rings is 3. The van der Waals surface area contributed by atoms with Crippen LogP contribution in [-0.2, 0) is 23.7 Å². The maximum atomic E-state index is 12.9. The maximum Gasteiger partial charge on any atom is 0.338 e. The Morgan fingerprint density at radius 2 is 1.03 bits per heavy atom. The van der Waals surface area contributed by atoms with Gasteiger partial charge in [-0.3, -0.25) is 0 Å². The minimum absolute atomic E-state index is 0.00726. The summed E-state index contributed by atoms with van der Waals surface area (Å²) in [5, 5.41) is 0. The molecule has 2 aliphatic heterocycles. The van der Waals surface area contributed by atoms with Crippen molar-refractivity contribution in [2.24, 2.45) is 0 Å². The molecule has 0 aliphatic carbocycles. The molecule has 8 nitrogen and oxygen atoms in total. The Kier molecular flexibility index (Phi) is 6.56. The van der Waals surface area contributed by atoms with E-state index in [0.29, 0.717) is 16.7 Å². The second kappa shape index (κ2) is 10.1. The lowest BCUT2D eigenvalue weighted by Crippen LogP contribution is -2.46. The quantitative estimate of drug-likeness (QED) is 0.396. The van der Waals surface area contributed by atoms with Gasteiger partial charge in [-0.2, -0.15) is 0 Å². The van der Waals surface area contributed by atoms with Gasteiger partial charge in [0.15, 0.2) is 24.6 Å². The van der Waals surface area contributed by atoms with Crippen LogP contribution in [0.15, 0.2) is 91.0 Å². The highest BCUT2D eigenvalue weighted by atomic mass is 16.8. The largest absolute Gasteiger partial charge is 0.453 e. The first-order valence-corrected chi connectivity index (χ1v) is 11.2. The first-order valence-electron chi connectivity index (χ1n) is 11.2. The third kappa shape index (κ3) is 4.94. The highest BCUT2D eigenvalue weighted by Gasteiger charge is 2.57. The Morgan fingerprint density at radius 1 is 0.600 bits per heavy atom. The van der Waals surface area contributed by atoms with E-state index in [1.165, 1.54) is 0 Å². The van der Waals surface area contributed by atoms with Crippen molar-refractivity contribution in [2.75, 3.05) is 6.61 Å². The number of carbonyl (C=O) groups is 3. The topological polar surface area (TPSA) is 97.4 Å². The molecule has 3 aromatic rings. The first-order chi connectivity index (χ1) is 17.1. The Bertz CT molecular complexity index is 1180. The van der Waals surface area contributed by atoms with Gasteiger partial charge in [-0.25, -0.2) is 14.4 Å². The van der Waals surface area contributed by atoms with Crippen LogP contribution >= 0.6 is 0 Å². The third-order valence-corrected chi connectivity index (χ3v) is 5.77. The van der Waals surface area contributed by atoms with Crippen molar-refractivity contribution in [1.82, 2.24) is 0 Å². The lowest BCUT2D eigenvalue weighted by molar-refractivity contribution is -0.233. The average molecular weight is 474 g/mol. The van der Waals surface area contributed by atoms with Crippen molar-refractivity contribution < 1.29 is 38.1 Å². The summed E-state index contributed by atoms with van der Waals surface area (Å²) in [6.07, 6.45) is -4.86. The fraction of sp³-hybridized carbons (Fsp3) is 0.222. The summed E-state index contributed by atoms with van der Waals surface area (Å²) in [4.78, 5) is 38.3. The van der Waals surface area contributed by atoms with E-state index in [2.05, 4.69) is 0 Å². The van der Waals surface area contributed by atoms with E-state index >= 15 is 0 Å². The predicted octanol–water partition coefficient (Wildman–Crippen LogP) is 3.42.